The van der Waals surface area contributed by atoms with E-state index >= 15 is 0 Å². The second-order valence-corrected chi connectivity index (χ2v) is 4.81. The number of rotatable bonds is 3. The largest absolute Gasteiger partial charge is 0.345 e. The third-order valence-electron chi connectivity index (χ3n) is 2.67. The van der Waals surface area contributed by atoms with E-state index in [0.29, 0.717) is 6.42 Å². The Labute approximate surface area is 102 Å². The normalized spacial score (nSPS) is 10.8. The van der Waals surface area contributed by atoms with Crippen LogP contribution in [0.2, 0.25) is 0 Å². The molecule has 0 saturated heterocycles. The van der Waals surface area contributed by atoms with Crippen LogP contribution in [-0.4, -0.2) is 15.8 Å². The van der Waals surface area contributed by atoms with Crippen LogP contribution in [0.1, 0.15) is 15.2 Å². The lowest BCUT2D eigenvalue weighted by molar-refractivity contribution is 0.0995. The van der Waals surface area contributed by atoms with Crippen molar-refractivity contribution in [2.24, 2.45) is 0 Å². The smallest absolute Gasteiger partial charge is 0.170 e. The number of hydrogen-bond donors (Lipinski definition) is 1. The molecule has 0 amide bonds. The van der Waals surface area contributed by atoms with Crippen molar-refractivity contribution in [2.75, 3.05) is 0 Å². The van der Waals surface area contributed by atoms with E-state index in [2.05, 4.69) is 9.97 Å². The van der Waals surface area contributed by atoms with E-state index < -0.39 is 0 Å². The zero-order chi connectivity index (χ0) is 11.7. The van der Waals surface area contributed by atoms with Crippen molar-refractivity contribution in [3.05, 3.63) is 52.5 Å². The van der Waals surface area contributed by atoms with Gasteiger partial charge in [-0.1, -0.05) is 6.07 Å². The summed E-state index contributed by atoms with van der Waals surface area (Å²) in [6, 6.07) is 7.71. The number of aromatic nitrogens is 2. The number of hydrogen-bond acceptors (Lipinski definition) is 3. The number of Topliss-reactive ketones (excluding diaryl/α,β-unsaturated/α-hetero) is 1. The molecule has 3 nitrogen and oxygen atoms in total. The highest BCUT2D eigenvalue weighted by molar-refractivity contribution is 7.10. The van der Waals surface area contributed by atoms with Crippen molar-refractivity contribution in [3.63, 3.8) is 0 Å². The molecular formula is C13H10N2OS. The maximum absolute atomic E-state index is 12.1. The zero-order valence-corrected chi connectivity index (χ0v) is 9.83. The molecule has 0 atom stereocenters. The van der Waals surface area contributed by atoms with Crippen molar-refractivity contribution >= 4 is 28.2 Å². The average molecular weight is 242 g/mol. The fraction of sp³-hybridized carbons (Fsp3) is 0.0769. The predicted octanol–water partition coefficient (Wildman–Crippen LogP) is 3.05. The summed E-state index contributed by atoms with van der Waals surface area (Å²) in [6.45, 7) is 0. The first kappa shape index (κ1) is 10.2. The fourth-order valence-corrected chi connectivity index (χ4v) is 2.56. The number of carbonyl (C=O) groups is 1. The third-order valence-corrected chi connectivity index (χ3v) is 3.54. The van der Waals surface area contributed by atoms with Gasteiger partial charge in [0.2, 0.25) is 0 Å². The lowest BCUT2D eigenvalue weighted by Gasteiger charge is -1.96. The summed E-state index contributed by atoms with van der Waals surface area (Å²) >= 11 is 1.61. The maximum Gasteiger partial charge on any atom is 0.170 e. The molecule has 84 valence electrons. The van der Waals surface area contributed by atoms with Crippen LogP contribution in [-0.2, 0) is 6.42 Å². The molecule has 0 aliphatic carbocycles. The van der Waals surface area contributed by atoms with Gasteiger partial charge in [0.05, 0.1) is 0 Å². The van der Waals surface area contributed by atoms with Crippen LogP contribution >= 0.6 is 11.3 Å². The molecule has 0 spiro atoms. The summed E-state index contributed by atoms with van der Waals surface area (Å²) in [5.74, 6) is 0.131. The number of carbonyl (C=O) groups excluding carboxylic acids is 1. The van der Waals surface area contributed by atoms with Gasteiger partial charge in [0.1, 0.15) is 5.65 Å². The summed E-state index contributed by atoms with van der Waals surface area (Å²) in [5.41, 5.74) is 1.49. The van der Waals surface area contributed by atoms with Gasteiger partial charge in [-0.25, -0.2) is 4.98 Å². The van der Waals surface area contributed by atoms with Gasteiger partial charge in [-0.3, -0.25) is 4.79 Å². The Morgan fingerprint density at radius 1 is 1.35 bits per heavy atom. The van der Waals surface area contributed by atoms with E-state index in [-0.39, 0.29) is 5.78 Å². The molecule has 0 fully saturated rings. The van der Waals surface area contributed by atoms with E-state index in [4.69, 9.17) is 0 Å². The molecule has 4 heteroatoms. The number of fused-ring (bicyclic) bond motifs is 1. The average Bonchev–Trinajstić information content (AvgIpc) is 2.96. The minimum Gasteiger partial charge on any atom is -0.345 e. The van der Waals surface area contributed by atoms with Crippen LogP contribution in [0.4, 0.5) is 0 Å². The number of thiophene rings is 1. The standard InChI is InChI=1S/C13H10N2OS/c16-12(7-9-3-2-6-17-9)11-8-15-13-10(11)4-1-5-14-13/h1-6,8H,7H2,(H,14,15). The van der Waals surface area contributed by atoms with E-state index in [1.165, 1.54) is 0 Å². The molecule has 3 heterocycles. The molecule has 0 aliphatic heterocycles. The number of ketones is 1. The summed E-state index contributed by atoms with van der Waals surface area (Å²) in [4.78, 5) is 20.4. The van der Waals surface area contributed by atoms with Crippen molar-refractivity contribution in [1.82, 2.24) is 9.97 Å². The van der Waals surface area contributed by atoms with Gasteiger partial charge < -0.3 is 4.98 Å². The molecule has 3 rings (SSSR count). The Balaban J connectivity index is 1.96. The molecule has 0 saturated carbocycles. The van der Waals surface area contributed by atoms with Gasteiger partial charge in [0.15, 0.2) is 5.78 Å². The van der Waals surface area contributed by atoms with Gasteiger partial charge in [-0.15, -0.1) is 11.3 Å². The van der Waals surface area contributed by atoms with Crippen LogP contribution in [0, 0.1) is 0 Å². The summed E-state index contributed by atoms with van der Waals surface area (Å²) < 4.78 is 0. The van der Waals surface area contributed by atoms with Crippen LogP contribution in [0.15, 0.2) is 42.0 Å². The Kier molecular flexibility index (Phi) is 2.49. The predicted molar refractivity (Wildman–Crippen MR) is 68.4 cm³/mol. The van der Waals surface area contributed by atoms with Crippen LogP contribution in [0.5, 0.6) is 0 Å². The van der Waals surface area contributed by atoms with E-state index in [1.807, 2.05) is 29.6 Å². The van der Waals surface area contributed by atoms with E-state index in [0.717, 1.165) is 21.5 Å². The monoisotopic (exact) mass is 242 g/mol. The SMILES string of the molecule is O=C(Cc1cccs1)c1c[nH]c2ncccc12. The molecule has 1 N–H and O–H groups in total. The Morgan fingerprint density at radius 3 is 3.12 bits per heavy atom. The number of nitrogens with zero attached hydrogens (tertiary/aromatic N) is 1. The number of H-pyrrole nitrogens is 1. The molecule has 0 aliphatic rings. The number of nitrogens with one attached hydrogen (secondary N) is 1. The van der Waals surface area contributed by atoms with Crippen LogP contribution in [0.3, 0.4) is 0 Å². The number of aromatic amines is 1. The van der Waals surface area contributed by atoms with Gasteiger partial charge in [-0.2, -0.15) is 0 Å². The lowest BCUT2D eigenvalue weighted by atomic mass is 10.1. The molecule has 0 bridgehead atoms. The topological polar surface area (TPSA) is 45.8 Å². The van der Waals surface area contributed by atoms with Gasteiger partial charge in [-0.05, 0) is 23.6 Å². The minimum atomic E-state index is 0.131. The minimum absolute atomic E-state index is 0.131. The molecule has 3 aromatic rings. The highest BCUT2D eigenvalue weighted by Crippen LogP contribution is 2.19. The molecule has 3 aromatic heterocycles. The molecule has 17 heavy (non-hydrogen) atoms. The van der Waals surface area contributed by atoms with Gasteiger partial charge >= 0.3 is 0 Å². The van der Waals surface area contributed by atoms with Gasteiger partial charge in [0.25, 0.3) is 0 Å². The Hall–Kier alpha value is -1.94. The molecule has 0 unspecified atom stereocenters. The first-order valence-corrected chi connectivity index (χ1v) is 6.20. The third kappa shape index (κ3) is 1.87. The second-order valence-electron chi connectivity index (χ2n) is 3.78. The van der Waals surface area contributed by atoms with Crippen molar-refractivity contribution in [3.8, 4) is 0 Å². The van der Waals surface area contributed by atoms with Crippen LogP contribution < -0.4 is 0 Å². The van der Waals surface area contributed by atoms with Crippen molar-refractivity contribution in [2.45, 2.75) is 6.42 Å². The summed E-state index contributed by atoms with van der Waals surface area (Å²) in [5, 5.41) is 2.88. The summed E-state index contributed by atoms with van der Waals surface area (Å²) in [6.07, 6.45) is 3.92. The Morgan fingerprint density at radius 2 is 2.29 bits per heavy atom. The quantitative estimate of drug-likeness (QED) is 0.717. The fourth-order valence-electron chi connectivity index (χ4n) is 1.85. The molecular weight excluding hydrogens is 232 g/mol. The maximum atomic E-state index is 12.1. The molecule has 0 aromatic carbocycles. The van der Waals surface area contributed by atoms with Gasteiger partial charge in [0, 0.05) is 34.6 Å². The van der Waals surface area contributed by atoms with Crippen LogP contribution in [0.25, 0.3) is 11.0 Å². The molecule has 0 radical (unpaired) electrons. The first-order valence-electron chi connectivity index (χ1n) is 5.32. The van der Waals surface area contributed by atoms with E-state index in [9.17, 15) is 4.79 Å². The summed E-state index contributed by atoms with van der Waals surface area (Å²) in [7, 11) is 0. The first-order chi connectivity index (χ1) is 8.34. The zero-order valence-electron chi connectivity index (χ0n) is 9.01. The Bertz CT molecular complexity index is 655. The van der Waals surface area contributed by atoms with E-state index in [1.54, 1.807) is 23.7 Å². The second kappa shape index (κ2) is 4.14. The highest BCUT2D eigenvalue weighted by Gasteiger charge is 2.13. The van der Waals surface area contributed by atoms with Crippen molar-refractivity contribution in [1.29, 1.82) is 0 Å². The van der Waals surface area contributed by atoms with Crippen molar-refractivity contribution < 1.29 is 4.79 Å². The number of pyridine rings is 1. The lowest BCUT2D eigenvalue weighted by Crippen LogP contribution is -2.01. The highest BCUT2D eigenvalue weighted by atomic mass is 32.1.